The molecular weight excluding hydrogens is 250 g/mol. The van der Waals surface area contributed by atoms with Crippen LogP contribution in [-0.2, 0) is 19.1 Å². The van der Waals surface area contributed by atoms with Crippen LogP contribution in [0.2, 0.25) is 0 Å². The van der Waals surface area contributed by atoms with Gasteiger partial charge in [0.05, 0.1) is 27.8 Å². The lowest BCUT2D eigenvalue weighted by molar-refractivity contribution is -0.148. The molecule has 0 saturated carbocycles. The molecule has 0 spiro atoms. The Hall–Kier alpha value is -2.24. The highest BCUT2D eigenvalue weighted by Crippen LogP contribution is 2.18. The minimum atomic E-state index is -0.801. The summed E-state index contributed by atoms with van der Waals surface area (Å²) < 4.78 is 14.3. The minimum absolute atomic E-state index is 0.111. The van der Waals surface area contributed by atoms with Crippen LogP contribution >= 0.6 is 0 Å². The maximum Gasteiger partial charge on any atom is 0.328 e. The standard InChI is InChI=1S/C13H17NO5/c1-17-10-6-4-5-9(7-10)14-11(13(16)19-3)8-12(15)18-2/h4-7,11,14H,8H2,1-3H3/t11-/m0/s1. The summed E-state index contributed by atoms with van der Waals surface area (Å²) in [5.74, 6) is -0.384. The largest absolute Gasteiger partial charge is 0.497 e. The molecule has 1 atom stereocenters. The van der Waals surface area contributed by atoms with E-state index in [1.165, 1.54) is 14.2 Å². The van der Waals surface area contributed by atoms with Crippen molar-refractivity contribution in [3.63, 3.8) is 0 Å². The SMILES string of the molecule is COC(=O)C[C@H](Nc1cccc(OC)c1)C(=O)OC. The second kappa shape index (κ2) is 7.25. The highest BCUT2D eigenvalue weighted by molar-refractivity contribution is 5.85. The smallest absolute Gasteiger partial charge is 0.328 e. The third-order valence-corrected chi connectivity index (χ3v) is 2.49. The summed E-state index contributed by atoms with van der Waals surface area (Å²) >= 11 is 0. The molecule has 0 unspecified atom stereocenters. The van der Waals surface area contributed by atoms with Crippen LogP contribution in [0.4, 0.5) is 5.69 Å². The van der Waals surface area contributed by atoms with E-state index in [-0.39, 0.29) is 6.42 Å². The molecule has 1 aromatic rings. The van der Waals surface area contributed by atoms with Crippen molar-refractivity contribution in [1.29, 1.82) is 0 Å². The number of anilines is 1. The quantitative estimate of drug-likeness (QED) is 0.781. The third-order valence-electron chi connectivity index (χ3n) is 2.49. The van der Waals surface area contributed by atoms with Crippen molar-refractivity contribution in [2.45, 2.75) is 12.5 Å². The number of ether oxygens (including phenoxy) is 3. The number of hydrogen-bond donors (Lipinski definition) is 1. The van der Waals surface area contributed by atoms with Crippen LogP contribution in [-0.4, -0.2) is 39.3 Å². The number of esters is 2. The van der Waals surface area contributed by atoms with E-state index in [1.54, 1.807) is 31.4 Å². The Morgan fingerprint density at radius 1 is 1.21 bits per heavy atom. The van der Waals surface area contributed by atoms with Gasteiger partial charge in [-0.3, -0.25) is 4.79 Å². The second-order valence-corrected chi connectivity index (χ2v) is 3.73. The fraction of sp³-hybridized carbons (Fsp3) is 0.385. The number of benzene rings is 1. The summed E-state index contributed by atoms with van der Waals surface area (Å²) in [7, 11) is 4.08. The van der Waals surface area contributed by atoms with Gasteiger partial charge in [0.15, 0.2) is 0 Å². The number of nitrogens with one attached hydrogen (secondary N) is 1. The van der Waals surface area contributed by atoms with Crippen molar-refractivity contribution in [1.82, 2.24) is 0 Å². The number of carbonyl (C=O) groups is 2. The van der Waals surface area contributed by atoms with Gasteiger partial charge in [-0.25, -0.2) is 4.79 Å². The van der Waals surface area contributed by atoms with E-state index in [0.29, 0.717) is 11.4 Å². The fourth-order valence-corrected chi connectivity index (χ4v) is 1.50. The normalized spacial score (nSPS) is 11.3. The van der Waals surface area contributed by atoms with Crippen LogP contribution in [0.25, 0.3) is 0 Å². The number of carbonyl (C=O) groups excluding carboxylic acids is 2. The Labute approximate surface area is 111 Å². The Kier molecular flexibility index (Phi) is 5.66. The number of hydrogen-bond acceptors (Lipinski definition) is 6. The molecule has 1 N–H and O–H groups in total. The van der Waals surface area contributed by atoms with Crippen LogP contribution < -0.4 is 10.1 Å². The van der Waals surface area contributed by atoms with Crippen LogP contribution in [0, 0.1) is 0 Å². The lowest BCUT2D eigenvalue weighted by Gasteiger charge is -2.16. The molecule has 0 heterocycles. The molecule has 0 amide bonds. The minimum Gasteiger partial charge on any atom is -0.497 e. The van der Waals surface area contributed by atoms with Gasteiger partial charge < -0.3 is 19.5 Å². The second-order valence-electron chi connectivity index (χ2n) is 3.73. The summed E-state index contributed by atoms with van der Waals surface area (Å²) in [6.07, 6.45) is -0.111. The molecule has 1 rings (SSSR count). The Morgan fingerprint density at radius 3 is 2.53 bits per heavy atom. The fourth-order valence-electron chi connectivity index (χ4n) is 1.50. The zero-order chi connectivity index (χ0) is 14.3. The number of rotatable bonds is 6. The maximum absolute atomic E-state index is 11.6. The highest BCUT2D eigenvalue weighted by atomic mass is 16.5. The van der Waals surface area contributed by atoms with Crippen molar-refractivity contribution >= 4 is 17.6 Å². The van der Waals surface area contributed by atoms with Gasteiger partial charge in [0, 0.05) is 11.8 Å². The van der Waals surface area contributed by atoms with Crippen LogP contribution in [0.5, 0.6) is 5.75 Å². The molecule has 0 aliphatic rings. The van der Waals surface area contributed by atoms with Crippen molar-refractivity contribution in [2.75, 3.05) is 26.6 Å². The van der Waals surface area contributed by atoms with E-state index in [1.807, 2.05) is 0 Å². The summed E-state index contributed by atoms with van der Waals surface area (Å²) in [4.78, 5) is 22.9. The van der Waals surface area contributed by atoms with Gasteiger partial charge in [-0.05, 0) is 12.1 Å². The van der Waals surface area contributed by atoms with Gasteiger partial charge in [-0.1, -0.05) is 6.07 Å². The van der Waals surface area contributed by atoms with Gasteiger partial charge in [-0.15, -0.1) is 0 Å². The summed E-state index contributed by atoms with van der Waals surface area (Å²) in [5, 5.41) is 2.91. The Morgan fingerprint density at radius 2 is 1.95 bits per heavy atom. The molecular formula is C13H17NO5. The monoisotopic (exact) mass is 267 g/mol. The molecule has 0 radical (unpaired) electrons. The van der Waals surface area contributed by atoms with E-state index in [9.17, 15) is 9.59 Å². The molecule has 6 nitrogen and oxygen atoms in total. The van der Waals surface area contributed by atoms with Crippen LogP contribution in [0.15, 0.2) is 24.3 Å². The maximum atomic E-state index is 11.6. The predicted molar refractivity (Wildman–Crippen MR) is 69.1 cm³/mol. The average molecular weight is 267 g/mol. The zero-order valence-corrected chi connectivity index (χ0v) is 11.1. The van der Waals surface area contributed by atoms with E-state index < -0.39 is 18.0 Å². The van der Waals surface area contributed by atoms with Crippen molar-refractivity contribution in [2.24, 2.45) is 0 Å². The topological polar surface area (TPSA) is 73.9 Å². The summed E-state index contributed by atoms with van der Waals surface area (Å²) in [5.41, 5.74) is 0.652. The molecule has 0 aliphatic carbocycles. The van der Waals surface area contributed by atoms with Gasteiger partial charge >= 0.3 is 11.9 Å². The Bertz CT molecular complexity index is 446. The van der Waals surface area contributed by atoms with Crippen molar-refractivity contribution in [3.05, 3.63) is 24.3 Å². The van der Waals surface area contributed by atoms with Crippen molar-refractivity contribution < 1.29 is 23.8 Å². The molecule has 0 aliphatic heterocycles. The molecule has 19 heavy (non-hydrogen) atoms. The number of methoxy groups -OCH3 is 3. The van der Waals surface area contributed by atoms with Crippen LogP contribution in [0.1, 0.15) is 6.42 Å². The first kappa shape index (κ1) is 14.8. The van der Waals surface area contributed by atoms with Crippen molar-refractivity contribution in [3.8, 4) is 5.75 Å². The van der Waals surface area contributed by atoms with Gasteiger partial charge in [0.1, 0.15) is 11.8 Å². The Balaban J connectivity index is 2.80. The van der Waals surface area contributed by atoms with Crippen LogP contribution in [0.3, 0.4) is 0 Å². The van der Waals surface area contributed by atoms with E-state index in [4.69, 9.17) is 4.74 Å². The van der Waals surface area contributed by atoms with E-state index in [2.05, 4.69) is 14.8 Å². The molecule has 104 valence electrons. The first-order valence-electron chi connectivity index (χ1n) is 5.66. The molecule has 0 saturated heterocycles. The molecule has 0 bridgehead atoms. The van der Waals surface area contributed by atoms with E-state index in [0.717, 1.165) is 0 Å². The first-order valence-corrected chi connectivity index (χ1v) is 5.66. The molecule has 6 heteroatoms. The molecule has 1 aromatic carbocycles. The summed E-state index contributed by atoms with van der Waals surface area (Å²) in [6.45, 7) is 0. The predicted octanol–water partition coefficient (Wildman–Crippen LogP) is 1.21. The average Bonchev–Trinajstić information content (AvgIpc) is 2.45. The van der Waals surface area contributed by atoms with Gasteiger partial charge in [-0.2, -0.15) is 0 Å². The highest BCUT2D eigenvalue weighted by Gasteiger charge is 2.23. The zero-order valence-electron chi connectivity index (χ0n) is 11.1. The molecule has 0 aromatic heterocycles. The molecule has 0 fully saturated rings. The van der Waals surface area contributed by atoms with Gasteiger partial charge in [0.25, 0.3) is 0 Å². The first-order chi connectivity index (χ1) is 9.10. The summed E-state index contributed by atoms with van der Waals surface area (Å²) in [6, 6.07) is 6.22. The lowest BCUT2D eigenvalue weighted by Crippen LogP contribution is -2.33. The third kappa shape index (κ3) is 4.50. The van der Waals surface area contributed by atoms with E-state index >= 15 is 0 Å². The van der Waals surface area contributed by atoms with Gasteiger partial charge in [0.2, 0.25) is 0 Å². The lowest BCUT2D eigenvalue weighted by atomic mass is 10.2.